The predicted molar refractivity (Wildman–Crippen MR) is 136 cm³/mol. The Labute approximate surface area is 233 Å². The van der Waals surface area contributed by atoms with Crippen LogP contribution in [0.4, 0.5) is 13.6 Å². The minimum Gasteiger partial charge on any atom is -0.465 e. The quantitative estimate of drug-likeness (QED) is 0.416. The highest BCUT2D eigenvalue weighted by molar-refractivity contribution is 6.31. The maximum atomic E-state index is 14.0. The maximum absolute atomic E-state index is 14.0. The van der Waals surface area contributed by atoms with Crippen LogP contribution in [0.2, 0.25) is 5.02 Å². The number of methoxy groups -OCH3 is 1. The third-order valence-electron chi connectivity index (χ3n) is 7.82. The summed E-state index contributed by atoms with van der Waals surface area (Å²) in [7, 11) is 1.45. The molecule has 0 aliphatic carbocycles. The molecule has 40 heavy (non-hydrogen) atoms. The Morgan fingerprint density at radius 2 is 1.93 bits per heavy atom. The SMILES string of the molecule is CO[C@@H]1[C@@H](n2cc(-c3cc(F)c(Cl)c(F)c3)nn2)[C@@H](O)[C@@H](CO)O[C@@H]1CC1CC(C2CCN(C(=O)O)CC2)=NO1. The number of rotatable bonds is 7. The number of aliphatic hydroxyl groups excluding tert-OH is 2. The average molecular weight is 586 g/mol. The van der Waals surface area contributed by atoms with Gasteiger partial charge in [-0.3, -0.25) is 0 Å². The second-order valence-corrected chi connectivity index (χ2v) is 10.6. The number of carbonyl (C=O) groups is 1. The Morgan fingerprint density at radius 1 is 1.23 bits per heavy atom. The molecule has 0 saturated carbocycles. The molecule has 2 saturated heterocycles. The molecule has 0 spiro atoms. The molecular weight excluding hydrogens is 556 g/mol. The van der Waals surface area contributed by atoms with Crippen molar-refractivity contribution >= 4 is 23.4 Å². The van der Waals surface area contributed by atoms with E-state index in [-0.39, 0.29) is 23.3 Å². The summed E-state index contributed by atoms with van der Waals surface area (Å²) in [4.78, 5) is 18.3. The molecule has 1 aromatic heterocycles. The smallest absolute Gasteiger partial charge is 0.407 e. The maximum Gasteiger partial charge on any atom is 0.407 e. The van der Waals surface area contributed by atoms with Crippen molar-refractivity contribution in [1.82, 2.24) is 19.9 Å². The highest BCUT2D eigenvalue weighted by Gasteiger charge is 2.48. The number of piperidine rings is 1. The van der Waals surface area contributed by atoms with Gasteiger partial charge in [0.1, 0.15) is 52.8 Å². The Morgan fingerprint density at radius 3 is 2.55 bits per heavy atom. The highest BCUT2D eigenvalue weighted by Crippen LogP contribution is 2.36. The van der Waals surface area contributed by atoms with E-state index in [1.807, 2.05) is 0 Å². The lowest BCUT2D eigenvalue weighted by atomic mass is 9.86. The second kappa shape index (κ2) is 11.9. The summed E-state index contributed by atoms with van der Waals surface area (Å²) < 4.78 is 41.2. The molecule has 1 unspecified atom stereocenters. The zero-order valence-electron chi connectivity index (χ0n) is 21.6. The number of benzene rings is 1. The van der Waals surface area contributed by atoms with E-state index in [2.05, 4.69) is 15.5 Å². The number of aromatic nitrogens is 3. The fraction of sp³-hybridized carbons (Fsp3) is 0.600. The zero-order chi connectivity index (χ0) is 28.6. The summed E-state index contributed by atoms with van der Waals surface area (Å²) in [5.74, 6) is -1.77. The molecule has 3 aliphatic rings. The number of oxime groups is 1. The first-order valence-corrected chi connectivity index (χ1v) is 13.3. The number of aliphatic hydroxyl groups is 2. The van der Waals surface area contributed by atoms with Gasteiger partial charge >= 0.3 is 6.09 Å². The Bertz CT molecular complexity index is 1230. The monoisotopic (exact) mass is 585 g/mol. The van der Waals surface area contributed by atoms with Crippen LogP contribution in [0, 0.1) is 17.6 Å². The van der Waals surface area contributed by atoms with Crippen LogP contribution in [0.25, 0.3) is 11.3 Å². The number of hydrogen-bond donors (Lipinski definition) is 3. The molecular formula is C25H30ClF2N5O7. The molecule has 5 rings (SSSR count). The molecule has 2 fully saturated rings. The summed E-state index contributed by atoms with van der Waals surface area (Å²) in [6, 6.07) is 1.22. The summed E-state index contributed by atoms with van der Waals surface area (Å²) in [5, 5.41) is 41.9. The van der Waals surface area contributed by atoms with Crippen LogP contribution in [0.3, 0.4) is 0 Å². The third kappa shape index (κ3) is 5.63. The number of likely N-dealkylation sites (tertiary alicyclic amines) is 1. The molecule has 15 heteroatoms. The number of carboxylic acid groups (broad SMARTS) is 1. The van der Waals surface area contributed by atoms with Crippen LogP contribution in [-0.4, -0.2) is 104 Å². The zero-order valence-corrected chi connectivity index (χ0v) is 22.3. The van der Waals surface area contributed by atoms with Crippen molar-refractivity contribution in [2.24, 2.45) is 11.1 Å². The largest absolute Gasteiger partial charge is 0.465 e. The van der Waals surface area contributed by atoms with Gasteiger partial charge in [-0.25, -0.2) is 18.3 Å². The Hall–Kier alpha value is -2.91. The van der Waals surface area contributed by atoms with Crippen molar-refractivity contribution in [1.29, 1.82) is 0 Å². The van der Waals surface area contributed by atoms with Gasteiger partial charge < -0.3 is 34.5 Å². The lowest BCUT2D eigenvalue weighted by Gasteiger charge is -2.44. The summed E-state index contributed by atoms with van der Waals surface area (Å²) in [5.41, 5.74) is 1.12. The normalized spacial score (nSPS) is 29.4. The minimum atomic E-state index is -1.24. The number of halogens is 3. The van der Waals surface area contributed by atoms with Gasteiger partial charge in [-0.15, -0.1) is 5.10 Å². The van der Waals surface area contributed by atoms with Crippen LogP contribution in [0.1, 0.15) is 31.7 Å². The summed E-state index contributed by atoms with van der Waals surface area (Å²) >= 11 is 5.59. The van der Waals surface area contributed by atoms with Gasteiger partial charge in [-0.1, -0.05) is 22.0 Å². The van der Waals surface area contributed by atoms with Gasteiger partial charge in [0.15, 0.2) is 0 Å². The van der Waals surface area contributed by atoms with Crippen molar-refractivity contribution in [3.8, 4) is 11.3 Å². The van der Waals surface area contributed by atoms with Gasteiger partial charge in [-0.05, 0) is 25.0 Å². The predicted octanol–water partition coefficient (Wildman–Crippen LogP) is 2.48. The van der Waals surface area contributed by atoms with E-state index in [4.69, 9.17) is 25.9 Å². The van der Waals surface area contributed by atoms with Gasteiger partial charge in [0, 0.05) is 44.5 Å². The van der Waals surface area contributed by atoms with Crippen LogP contribution >= 0.6 is 11.6 Å². The Balaban J connectivity index is 1.30. The fourth-order valence-corrected chi connectivity index (χ4v) is 5.80. The van der Waals surface area contributed by atoms with E-state index in [1.165, 1.54) is 22.9 Å². The number of amides is 1. The van der Waals surface area contributed by atoms with Crippen LogP contribution < -0.4 is 0 Å². The first kappa shape index (κ1) is 28.6. The van der Waals surface area contributed by atoms with Gasteiger partial charge in [0.05, 0.1) is 24.6 Å². The summed E-state index contributed by atoms with van der Waals surface area (Å²) in [6.45, 7) is 0.400. The van der Waals surface area contributed by atoms with E-state index in [9.17, 15) is 28.9 Å². The molecule has 0 bridgehead atoms. The number of hydrogen-bond acceptors (Lipinski definition) is 9. The van der Waals surface area contributed by atoms with Gasteiger partial charge in [-0.2, -0.15) is 0 Å². The first-order chi connectivity index (χ1) is 19.2. The average Bonchev–Trinajstić information content (AvgIpc) is 3.62. The van der Waals surface area contributed by atoms with Gasteiger partial charge in [0.2, 0.25) is 0 Å². The molecule has 1 aromatic carbocycles. The fourth-order valence-electron chi connectivity index (χ4n) is 5.69. The van der Waals surface area contributed by atoms with Crippen LogP contribution in [0.5, 0.6) is 0 Å². The van der Waals surface area contributed by atoms with Crippen LogP contribution in [-0.2, 0) is 14.3 Å². The summed E-state index contributed by atoms with van der Waals surface area (Å²) in [6.07, 6.45) is -1.26. The lowest BCUT2D eigenvalue weighted by molar-refractivity contribution is -0.219. The Kier molecular flexibility index (Phi) is 8.52. The van der Waals surface area contributed by atoms with Crippen molar-refractivity contribution in [3.05, 3.63) is 35.0 Å². The van der Waals surface area contributed by atoms with E-state index in [0.29, 0.717) is 38.8 Å². The molecule has 4 heterocycles. The molecule has 12 nitrogen and oxygen atoms in total. The highest BCUT2D eigenvalue weighted by atomic mass is 35.5. The van der Waals surface area contributed by atoms with Crippen LogP contribution in [0.15, 0.2) is 23.5 Å². The third-order valence-corrected chi connectivity index (χ3v) is 8.18. The van der Waals surface area contributed by atoms with Crippen molar-refractivity contribution < 1.29 is 43.2 Å². The molecule has 2 aromatic rings. The second-order valence-electron chi connectivity index (χ2n) is 10.2. The molecule has 1 amide bonds. The standard InChI is InChI=1S/C25H30ClF2N5O7/c1-38-24-19(9-14-8-17(30-40-14)12-2-4-32(5-3-12)25(36)37)39-20(11-34)23(35)22(24)33-10-18(29-31-33)13-6-15(27)21(26)16(28)7-13/h6-7,10,12,14,19-20,22-24,34-35H,2-5,8-9,11H2,1H3,(H,36,37)/t14?,19-,20-,22+,23+,24+/m1/s1. The number of nitrogens with zero attached hydrogens (tertiary/aromatic N) is 5. The molecule has 218 valence electrons. The molecule has 3 N–H and O–H groups in total. The van der Waals surface area contributed by atoms with E-state index in [1.54, 1.807) is 0 Å². The molecule has 6 atom stereocenters. The molecule has 0 radical (unpaired) electrons. The van der Waals surface area contributed by atoms with Crippen molar-refractivity contribution in [3.63, 3.8) is 0 Å². The van der Waals surface area contributed by atoms with Crippen molar-refractivity contribution in [2.45, 2.75) is 62.2 Å². The van der Waals surface area contributed by atoms with E-state index in [0.717, 1.165) is 17.8 Å². The number of ether oxygens (including phenoxy) is 2. The first-order valence-electron chi connectivity index (χ1n) is 12.9. The minimum absolute atomic E-state index is 0.106. The van der Waals surface area contributed by atoms with Crippen molar-refractivity contribution in [2.75, 3.05) is 26.8 Å². The lowest BCUT2D eigenvalue weighted by Crippen LogP contribution is -2.57. The molecule has 3 aliphatic heterocycles. The van der Waals surface area contributed by atoms with E-state index >= 15 is 0 Å². The topological polar surface area (TPSA) is 152 Å². The van der Waals surface area contributed by atoms with E-state index < -0.39 is 59.8 Å². The van der Waals surface area contributed by atoms with Gasteiger partial charge in [0.25, 0.3) is 0 Å².